The second kappa shape index (κ2) is 5.32. The normalized spacial score (nSPS) is 10.3. The molecule has 0 radical (unpaired) electrons. The van der Waals surface area contributed by atoms with Crippen LogP contribution in [0, 0.1) is 0 Å². The van der Waals surface area contributed by atoms with Crippen molar-refractivity contribution in [3.8, 4) is 5.75 Å². The Morgan fingerprint density at radius 3 is 2.69 bits per heavy atom. The molecule has 0 atom stereocenters. The third kappa shape index (κ3) is 2.84. The molecule has 0 amide bonds. The molecule has 1 heterocycles. The molecule has 0 aliphatic carbocycles. The Kier molecular flexibility index (Phi) is 3.56. The zero-order valence-corrected chi connectivity index (χ0v) is 9.04. The molecule has 2 rings (SSSR count). The Bertz CT molecular complexity index is 408. The minimum atomic E-state index is 0.537. The van der Waals surface area contributed by atoms with Crippen molar-refractivity contribution in [1.29, 1.82) is 0 Å². The summed E-state index contributed by atoms with van der Waals surface area (Å²) < 4.78 is 7.28. The minimum Gasteiger partial charge on any atom is -0.492 e. The van der Waals surface area contributed by atoms with Gasteiger partial charge in [-0.15, -0.1) is 0 Å². The second-order valence-corrected chi connectivity index (χ2v) is 3.48. The SMILES string of the molecule is NCCOc1ccc(Cn2cccn2)cc1. The van der Waals surface area contributed by atoms with E-state index in [1.165, 1.54) is 5.56 Å². The smallest absolute Gasteiger partial charge is 0.119 e. The standard InChI is InChI=1S/C12H15N3O/c13-6-9-16-12-4-2-11(3-5-12)10-15-8-1-7-14-15/h1-5,7-8H,6,9-10,13H2. The van der Waals surface area contributed by atoms with Crippen LogP contribution in [-0.4, -0.2) is 22.9 Å². The van der Waals surface area contributed by atoms with Gasteiger partial charge in [-0.25, -0.2) is 0 Å². The van der Waals surface area contributed by atoms with E-state index in [0.717, 1.165) is 12.3 Å². The molecule has 1 aromatic heterocycles. The number of rotatable bonds is 5. The molecule has 4 heteroatoms. The van der Waals surface area contributed by atoms with E-state index in [1.807, 2.05) is 41.2 Å². The Labute approximate surface area is 94.6 Å². The second-order valence-electron chi connectivity index (χ2n) is 3.48. The van der Waals surface area contributed by atoms with Gasteiger partial charge in [-0.1, -0.05) is 12.1 Å². The number of ether oxygens (including phenoxy) is 1. The third-order valence-corrected chi connectivity index (χ3v) is 2.21. The molecule has 0 spiro atoms. The third-order valence-electron chi connectivity index (χ3n) is 2.21. The van der Waals surface area contributed by atoms with Crippen molar-refractivity contribution in [3.63, 3.8) is 0 Å². The van der Waals surface area contributed by atoms with Gasteiger partial charge in [0.1, 0.15) is 12.4 Å². The highest BCUT2D eigenvalue weighted by Gasteiger charge is 1.96. The first-order valence-electron chi connectivity index (χ1n) is 5.28. The zero-order chi connectivity index (χ0) is 11.2. The molecule has 0 saturated carbocycles. The Morgan fingerprint density at radius 2 is 2.06 bits per heavy atom. The summed E-state index contributed by atoms with van der Waals surface area (Å²) in [6, 6.07) is 9.89. The number of benzene rings is 1. The van der Waals surface area contributed by atoms with Crippen LogP contribution >= 0.6 is 0 Å². The Balaban J connectivity index is 1.96. The highest BCUT2D eigenvalue weighted by atomic mass is 16.5. The van der Waals surface area contributed by atoms with E-state index < -0.39 is 0 Å². The molecule has 0 aliphatic heterocycles. The Morgan fingerprint density at radius 1 is 1.25 bits per heavy atom. The number of hydrogen-bond acceptors (Lipinski definition) is 3. The lowest BCUT2D eigenvalue weighted by molar-refractivity contribution is 0.328. The zero-order valence-electron chi connectivity index (χ0n) is 9.04. The van der Waals surface area contributed by atoms with Crippen molar-refractivity contribution in [3.05, 3.63) is 48.3 Å². The molecule has 4 nitrogen and oxygen atoms in total. The first kappa shape index (κ1) is 10.7. The number of nitrogens with zero attached hydrogens (tertiary/aromatic N) is 2. The van der Waals surface area contributed by atoms with E-state index in [0.29, 0.717) is 13.2 Å². The molecule has 0 saturated heterocycles. The van der Waals surface area contributed by atoms with Crippen molar-refractivity contribution in [2.45, 2.75) is 6.54 Å². The fourth-order valence-electron chi connectivity index (χ4n) is 1.45. The van der Waals surface area contributed by atoms with Crippen molar-refractivity contribution < 1.29 is 4.74 Å². The van der Waals surface area contributed by atoms with E-state index in [9.17, 15) is 0 Å². The summed E-state index contributed by atoms with van der Waals surface area (Å²) in [7, 11) is 0. The van der Waals surface area contributed by atoms with Crippen LogP contribution in [0.15, 0.2) is 42.7 Å². The first-order chi connectivity index (χ1) is 7.88. The van der Waals surface area contributed by atoms with Crippen molar-refractivity contribution in [2.75, 3.05) is 13.2 Å². The minimum absolute atomic E-state index is 0.537. The van der Waals surface area contributed by atoms with Gasteiger partial charge in [0.15, 0.2) is 0 Å². The molecular weight excluding hydrogens is 202 g/mol. The van der Waals surface area contributed by atoms with Gasteiger partial charge < -0.3 is 10.5 Å². The van der Waals surface area contributed by atoms with Gasteiger partial charge in [0.2, 0.25) is 0 Å². The summed E-state index contributed by atoms with van der Waals surface area (Å²) >= 11 is 0. The number of nitrogens with two attached hydrogens (primary N) is 1. The maximum absolute atomic E-state index is 5.40. The van der Waals surface area contributed by atoms with Gasteiger partial charge in [0.25, 0.3) is 0 Å². The maximum Gasteiger partial charge on any atom is 0.119 e. The van der Waals surface area contributed by atoms with E-state index in [1.54, 1.807) is 6.20 Å². The van der Waals surface area contributed by atoms with Crippen LogP contribution < -0.4 is 10.5 Å². The lowest BCUT2D eigenvalue weighted by atomic mass is 10.2. The van der Waals surface area contributed by atoms with E-state index >= 15 is 0 Å². The van der Waals surface area contributed by atoms with Gasteiger partial charge in [-0.2, -0.15) is 5.10 Å². The van der Waals surface area contributed by atoms with Gasteiger partial charge in [0, 0.05) is 18.9 Å². The molecule has 84 valence electrons. The largest absolute Gasteiger partial charge is 0.492 e. The summed E-state index contributed by atoms with van der Waals surface area (Å²) in [5.41, 5.74) is 6.56. The average Bonchev–Trinajstić information content (AvgIpc) is 2.81. The van der Waals surface area contributed by atoms with Crippen LogP contribution in [0.5, 0.6) is 5.75 Å². The number of aromatic nitrogens is 2. The monoisotopic (exact) mass is 217 g/mol. The lowest BCUT2D eigenvalue weighted by Crippen LogP contribution is -2.10. The predicted octanol–water partition coefficient (Wildman–Crippen LogP) is 1.27. The van der Waals surface area contributed by atoms with Crippen LogP contribution in [0.3, 0.4) is 0 Å². The van der Waals surface area contributed by atoms with Crippen LogP contribution in [0.25, 0.3) is 0 Å². The van der Waals surface area contributed by atoms with Gasteiger partial charge >= 0.3 is 0 Å². The van der Waals surface area contributed by atoms with Crippen LogP contribution in [0.1, 0.15) is 5.56 Å². The van der Waals surface area contributed by atoms with Crippen LogP contribution in [0.2, 0.25) is 0 Å². The summed E-state index contributed by atoms with van der Waals surface area (Å²) in [6.07, 6.45) is 3.72. The van der Waals surface area contributed by atoms with Crippen molar-refractivity contribution >= 4 is 0 Å². The highest BCUT2D eigenvalue weighted by Crippen LogP contribution is 2.12. The quantitative estimate of drug-likeness (QED) is 0.820. The summed E-state index contributed by atoms with van der Waals surface area (Å²) in [4.78, 5) is 0. The average molecular weight is 217 g/mol. The summed E-state index contributed by atoms with van der Waals surface area (Å²) in [5, 5.41) is 4.15. The van der Waals surface area contributed by atoms with Gasteiger partial charge in [-0.3, -0.25) is 4.68 Å². The van der Waals surface area contributed by atoms with E-state index in [4.69, 9.17) is 10.5 Å². The molecule has 0 fully saturated rings. The molecule has 1 aromatic carbocycles. The number of hydrogen-bond donors (Lipinski definition) is 1. The van der Waals surface area contributed by atoms with Crippen LogP contribution in [-0.2, 0) is 6.54 Å². The first-order valence-corrected chi connectivity index (χ1v) is 5.28. The predicted molar refractivity (Wildman–Crippen MR) is 62.3 cm³/mol. The lowest BCUT2D eigenvalue weighted by Gasteiger charge is -2.06. The Hall–Kier alpha value is -1.81. The molecule has 0 bridgehead atoms. The van der Waals surface area contributed by atoms with Crippen molar-refractivity contribution in [1.82, 2.24) is 9.78 Å². The highest BCUT2D eigenvalue weighted by molar-refractivity contribution is 5.27. The maximum atomic E-state index is 5.40. The van der Waals surface area contributed by atoms with E-state index in [-0.39, 0.29) is 0 Å². The van der Waals surface area contributed by atoms with E-state index in [2.05, 4.69) is 5.10 Å². The molecule has 2 N–H and O–H groups in total. The summed E-state index contributed by atoms with van der Waals surface area (Å²) in [6.45, 7) is 1.87. The molecule has 2 aromatic rings. The fraction of sp³-hybridized carbons (Fsp3) is 0.250. The molecular formula is C12H15N3O. The molecule has 0 unspecified atom stereocenters. The van der Waals surface area contributed by atoms with Crippen molar-refractivity contribution in [2.24, 2.45) is 5.73 Å². The van der Waals surface area contributed by atoms with Gasteiger partial charge in [0.05, 0.1) is 6.54 Å². The summed E-state index contributed by atoms with van der Waals surface area (Å²) in [5.74, 6) is 0.856. The topological polar surface area (TPSA) is 53.1 Å². The van der Waals surface area contributed by atoms with Crippen LogP contribution in [0.4, 0.5) is 0 Å². The molecule has 0 aliphatic rings. The van der Waals surface area contributed by atoms with Gasteiger partial charge in [-0.05, 0) is 23.8 Å². The molecule has 16 heavy (non-hydrogen) atoms. The fourth-order valence-corrected chi connectivity index (χ4v) is 1.45.